The summed E-state index contributed by atoms with van der Waals surface area (Å²) >= 11 is 0. The van der Waals surface area contributed by atoms with Gasteiger partial charge in [0.2, 0.25) is 5.91 Å². The van der Waals surface area contributed by atoms with Crippen molar-refractivity contribution in [2.75, 3.05) is 13.7 Å². The van der Waals surface area contributed by atoms with Crippen molar-refractivity contribution in [3.8, 4) is 5.75 Å². The van der Waals surface area contributed by atoms with Gasteiger partial charge in [0.15, 0.2) is 12.2 Å². The van der Waals surface area contributed by atoms with E-state index in [4.69, 9.17) is 37.6 Å². The van der Waals surface area contributed by atoms with E-state index in [1.54, 1.807) is 0 Å². The largest absolute Gasteiger partial charge is 0.464 e. The van der Waals surface area contributed by atoms with Gasteiger partial charge < -0.3 is 42.9 Å². The smallest absolute Gasteiger partial charge is 0.417 e. The highest BCUT2D eigenvalue weighted by Gasteiger charge is 2.60. The number of hydrogen-bond acceptors (Lipinski definition) is 15. The van der Waals surface area contributed by atoms with Gasteiger partial charge >= 0.3 is 47.4 Å². The predicted octanol–water partition coefficient (Wildman–Crippen LogP) is 1.71. The molecule has 3 rings (SSSR count). The second-order valence-corrected chi connectivity index (χ2v) is 10.7. The predicted molar refractivity (Wildman–Crippen MR) is 153 cm³/mol. The second kappa shape index (κ2) is 15.3. The van der Waals surface area contributed by atoms with Crippen LogP contribution >= 0.6 is 0 Å². The summed E-state index contributed by atoms with van der Waals surface area (Å²) in [5, 5.41) is 1.94. The third kappa shape index (κ3) is 9.68. The van der Waals surface area contributed by atoms with Crippen molar-refractivity contribution < 1.29 is 79.5 Å². The standard InChI is InChI=1S/C30H32F3NO15/c1-13(35)34-25-22(44-15(3)37)11-29(28(41)42-6,48-18-7-8-19-20(30(31,32)33)10-24(40)47-21(19)9-18)49-27(25)26(46-17(5)39)23(45-16(4)38)12-43-14(2)36/h7-10,22-23,25-27H,11-12H2,1-6H3,(H,34,35)/t22-,23-,25+,26+,27+,29+/m0/s1. The number of fused-ring (bicyclic) bond motifs is 1. The van der Waals surface area contributed by atoms with E-state index in [0.717, 1.165) is 59.9 Å². The second-order valence-electron chi connectivity index (χ2n) is 10.7. The Morgan fingerprint density at radius 2 is 1.61 bits per heavy atom. The van der Waals surface area contributed by atoms with Crippen LogP contribution in [0.4, 0.5) is 13.2 Å². The monoisotopic (exact) mass is 703 g/mol. The van der Waals surface area contributed by atoms with E-state index in [1.165, 1.54) is 0 Å². The fourth-order valence-electron chi connectivity index (χ4n) is 5.13. The van der Waals surface area contributed by atoms with E-state index in [0.29, 0.717) is 0 Å². The number of methoxy groups -OCH3 is 1. The molecule has 1 aliphatic heterocycles. The number of alkyl halides is 3. The lowest BCUT2D eigenvalue weighted by atomic mass is 9.88. The highest BCUT2D eigenvalue weighted by Crippen LogP contribution is 2.40. The molecule has 0 spiro atoms. The first-order chi connectivity index (χ1) is 22.8. The Morgan fingerprint density at radius 3 is 2.14 bits per heavy atom. The number of rotatable bonds is 11. The van der Waals surface area contributed by atoms with Gasteiger partial charge in [-0.05, 0) is 12.1 Å². The van der Waals surface area contributed by atoms with Gasteiger partial charge in [0.25, 0.3) is 0 Å². The summed E-state index contributed by atoms with van der Waals surface area (Å²) in [5.74, 6) is -8.96. The summed E-state index contributed by atoms with van der Waals surface area (Å²) in [7, 11) is 0.910. The summed E-state index contributed by atoms with van der Waals surface area (Å²) < 4.78 is 84.0. The van der Waals surface area contributed by atoms with Gasteiger partial charge in [-0.3, -0.25) is 24.0 Å². The first kappa shape index (κ1) is 38.2. The Kier molecular flexibility index (Phi) is 12.0. The minimum absolute atomic E-state index is 0.254. The van der Waals surface area contributed by atoms with E-state index in [1.807, 2.05) is 0 Å². The Labute approximate surface area is 275 Å². The molecule has 49 heavy (non-hydrogen) atoms. The molecular formula is C30H32F3NO15. The van der Waals surface area contributed by atoms with Crippen molar-refractivity contribution in [3.63, 3.8) is 0 Å². The van der Waals surface area contributed by atoms with Crippen molar-refractivity contribution >= 4 is 46.7 Å². The maximum atomic E-state index is 13.7. The van der Waals surface area contributed by atoms with E-state index >= 15 is 0 Å². The van der Waals surface area contributed by atoms with Crippen molar-refractivity contribution in [1.29, 1.82) is 0 Å². The van der Waals surface area contributed by atoms with Crippen LogP contribution in [0.25, 0.3) is 11.0 Å². The number of carbonyl (C=O) groups is 6. The summed E-state index contributed by atoms with van der Waals surface area (Å²) in [6.07, 6.45) is -12.6. The molecule has 1 aromatic heterocycles. The van der Waals surface area contributed by atoms with Crippen LogP contribution in [0.3, 0.4) is 0 Å². The summed E-state index contributed by atoms with van der Waals surface area (Å²) in [4.78, 5) is 86.3. The van der Waals surface area contributed by atoms with Gasteiger partial charge in [0.1, 0.15) is 30.1 Å². The Bertz CT molecular complexity index is 1670. The van der Waals surface area contributed by atoms with Crippen LogP contribution in [0.5, 0.6) is 5.75 Å². The molecule has 0 bridgehead atoms. The van der Waals surface area contributed by atoms with Crippen molar-refractivity contribution in [1.82, 2.24) is 5.32 Å². The molecule has 1 N–H and O–H groups in total. The van der Waals surface area contributed by atoms with E-state index in [9.17, 15) is 46.7 Å². The molecule has 6 atom stereocenters. The SMILES string of the molecule is COC(=O)[C@@]1(Oc2ccc3c(C(F)(F)F)cc(=O)oc3c2)C[C@H](OC(C)=O)[C@@H](NC(C)=O)[C@H]([C@H](OC(C)=O)[C@H](COC(C)=O)OC(C)=O)O1. The average molecular weight is 704 g/mol. The number of amides is 1. The zero-order valence-corrected chi connectivity index (χ0v) is 26.9. The van der Waals surface area contributed by atoms with Crippen LogP contribution in [0.2, 0.25) is 0 Å². The van der Waals surface area contributed by atoms with Gasteiger partial charge in [-0.25, -0.2) is 9.59 Å². The molecule has 268 valence electrons. The maximum Gasteiger partial charge on any atom is 0.417 e. The van der Waals surface area contributed by atoms with Crippen LogP contribution in [-0.4, -0.2) is 85.7 Å². The number of carbonyl (C=O) groups excluding carboxylic acids is 6. The van der Waals surface area contributed by atoms with Crippen molar-refractivity contribution in [3.05, 3.63) is 40.2 Å². The quantitative estimate of drug-likeness (QED) is 0.201. The number of nitrogens with one attached hydrogen (secondary N) is 1. The fourth-order valence-corrected chi connectivity index (χ4v) is 5.13. The van der Waals surface area contributed by atoms with Crippen LogP contribution in [0.1, 0.15) is 46.6 Å². The van der Waals surface area contributed by atoms with Crippen molar-refractivity contribution in [2.24, 2.45) is 0 Å². The van der Waals surface area contributed by atoms with Crippen LogP contribution < -0.4 is 15.7 Å². The number of hydrogen-bond donors (Lipinski definition) is 1. The number of halogens is 3. The summed E-state index contributed by atoms with van der Waals surface area (Å²) in [5.41, 5.74) is -3.27. The van der Waals surface area contributed by atoms with Crippen LogP contribution in [0, 0.1) is 0 Å². The maximum absolute atomic E-state index is 13.7. The number of benzene rings is 1. The highest BCUT2D eigenvalue weighted by atomic mass is 19.4. The molecule has 1 fully saturated rings. The molecule has 1 aromatic carbocycles. The minimum Gasteiger partial charge on any atom is -0.464 e. The Hall–Kier alpha value is -5.20. The number of ether oxygens (including phenoxy) is 7. The molecule has 19 heteroatoms. The summed E-state index contributed by atoms with van der Waals surface area (Å²) in [6.45, 7) is 4.28. The first-order valence-corrected chi connectivity index (χ1v) is 14.3. The zero-order valence-electron chi connectivity index (χ0n) is 26.9. The summed E-state index contributed by atoms with van der Waals surface area (Å²) in [6, 6.07) is 1.48. The normalized spacial score (nSPS) is 21.8. The molecule has 1 amide bonds. The molecule has 2 aromatic rings. The average Bonchev–Trinajstić information content (AvgIpc) is 2.97. The highest BCUT2D eigenvalue weighted by molar-refractivity contribution is 5.83. The third-order valence-corrected chi connectivity index (χ3v) is 6.80. The van der Waals surface area contributed by atoms with E-state index in [-0.39, 0.29) is 6.07 Å². The van der Waals surface area contributed by atoms with Gasteiger partial charge in [0, 0.05) is 52.1 Å². The van der Waals surface area contributed by atoms with Gasteiger partial charge in [-0.15, -0.1) is 0 Å². The molecule has 2 heterocycles. The van der Waals surface area contributed by atoms with E-state index in [2.05, 4.69) is 5.32 Å². The van der Waals surface area contributed by atoms with Crippen LogP contribution in [-0.2, 0) is 63.4 Å². The lowest BCUT2D eigenvalue weighted by molar-refractivity contribution is -0.289. The van der Waals surface area contributed by atoms with Gasteiger partial charge in [-0.1, -0.05) is 0 Å². The third-order valence-electron chi connectivity index (χ3n) is 6.80. The Balaban J connectivity index is 2.28. The molecule has 1 saturated heterocycles. The molecular weight excluding hydrogens is 671 g/mol. The lowest BCUT2D eigenvalue weighted by Crippen LogP contribution is -2.70. The molecule has 16 nitrogen and oxygen atoms in total. The fraction of sp³-hybridized carbons (Fsp3) is 0.500. The number of esters is 5. The van der Waals surface area contributed by atoms with Gasteiger partial charge in [0.05, 0.1) is 25.1 Å². The molecule has 0 aliphatic carbocycles. The zero-order chi connectivity index (χ0) is 36.8. The van der Waals surface area contributed by atoms with E-state index < -0.39 is 119 Å². The minimum atomic E-state index is -4.95. The van der Waals surface area contributed by atoms with Gasteiger partial charge in [-0.2, -0.15) is 13.2 Å². The Morgan fingerprint density at radius 1 is 0.959 bits per heavy atom. The lowest BCUT2D eigenvalue weighted by Gasteiger charge is -2.48. The molecule has 1 aliphatic rings. The van der Waals surface area contributed by atoms with Crippen molar-refractivity contribution in [2.45, 2.75) is 83.5 Å². The van der Waals surface area contributed by atoms with Crippen LogP contribution in [0.15, 0.2) is 33.5 Å². The topological polar surface area (TPSA) is 209 Å². The molecule has 0 unspecified atom stereocenters. The molecule has 0 radical (unpaired) electrons. The molecule has 0 saturated carbocycles. The first-order valence-electron chi connectivity index (χ1n) is 14.3.